The number of nitrogen functional groups attached to an aromatic ring is 1. The standard InChI is InChI=1S/C11H17N3O2/c1-4-14-9(6-12)5-10(13)11(14)16-8(2)7-15-3/h5,8H,4,7,13H2,1-3H3/t8-/m0/s1. The summed E-state index contributed by atoms with van der Waals surface area (Å²) in [6.45, 7) is 4.96. The number of nitrogens with zero attached hydrogens (tertiary/aromatic N) is 2. The van der Waals surface area contributed by atoms with E-state index in [1.165, 1.54) is 0 Å². The first-order chi connectivity index (χ1) is 7.63. The molecule has 0 aliphatic carbocycles. The molecule has 5 heteroatoms. The van der Waals surface area contributed by atoms with Crippen LogP contribution in [0.3, 0.4) is 0 Å². The molecule has 0 amide bonds. The molecule has 0 saturated carbocycles. The number of anilines is 1. The molecule has 16 heavy (non-hydrogen) atoms. The summed E-state index contributed by atoms with van der Waals surface area (Å²) < 4.78 is 12.4. The molecule has 1 aromatic rings. The van der Waals surface area contributed by atoms with Crippen LogP contribution in [0.25, 0.3) is 0 Å². The van der Waals surface area contributed by atoms with Gasteiger partial charge in [0.25, 0.3) is 0 Å². The van der Waals surface area contributed by atoms with Crippen molar-refractivity contribution in [3.8, 4) is 11.9 Å². The SMILES string of the molecule is CCn1c(C#N)cc(N)c1O[C@@H](C)COC. The molecule has 0 bridgehead atoms. The van der Waals surface area contributed by atoms with E-state index in [1.54, 1.807) is 17.7 Å². The molecule has 1 atom stereocenters. The highest BCUT2D eigenvalue weighted by Gasteiger charge is 2.15. The van der Waals surface area contributed by atoms with Crippen LogP contribution in [0.4, 0.5) is 5.69 Å². The van der Waals surface area contributed by atoms with Gasteiger partial charge in [-0.25, -0.2) is 0 Å². The zero-order valence-corrected chi connectivity index (χ0v) is 9.86. The van der Waals surface area contributed by atoms with Gasteiger partial charge in [-0.05, 0) is 13.8 Å². The molecule has 88 valence electrons. The molecule has 0 aromatic carbocycles. The topological polar surface area (TPSA) is 73.2 Å². The molecule has 0 unspecified atom stereocenters. The van der Waals surface area contributed by atoms with Crippen molar-refractivity contribution in [2.24, 2.45) is 0 Å². The zero-order chi connectivity index (χ0) is 12.1. The van der Waals surface area contributed by atoms with Crippen molar-refractivity contribution >= 4 is 5.69 Å². The van der Waals surface area contributed by atoms with E-state index in [0.717, 1.165) is 0 Å². The second-order valence-corrected chi connectivity index (χ2v) is 3.53. The maximum absolute atomic E-state index is 8.92. The summed E-state index contributed by atoms with van der Waals surface area (Å²) in [5.74, 6) is 0.545. The van der Waals surface area contributed by atoms with E-state index >= 15 is 0 Å². The highest BCUT2D eigenvalue weighted by Crippen LogP contribution is 2.27. The Morgan fingerprint density at radius 1 is 1.62 bits per heavy atom. The van der Waals surface area contributed by atoms with Crippen molar-refractivity contribution in [3.05, 3.63) is 11.8 Å². The Morgan fingerprint density at radius 3 is 2.81 bits per heavy atom. The van der Waals surface area contributed by atoms with Gasteiger partial charge in [0.05, 0.1) is 12.3 Å². The Kier molecular flexibility index (Phi) is 4.20. The summed E-state index contributed by atoms with van der Waals surface area (Å²) in [7, 11) is 1.61. The average molecular weight is 223 g/mol. The Bertz CT molecular complexity index is 393. The fraction of sp³-hybridized carbons (Fsp3) is 0.545. The second-order valence-electron chi connectivity index (χ2n) is 3.53. The fourth-order valence-corrected chi connectivity index (χ4v) is 1.55. The largest absolute Gasteiger partial charge is 0.472 e. The van der Waals surface area contributed by atoms with Crippen LogP contribution >= 0.6 is 0 Å². The lowest BCUT2D eigenvalue weighted by molar-refractivity contribution is 0.0867. The van der Waals surface area contributed by atoms with Gasteiger partial charge in [0.15, 0.2) is 0 Å². The minimum absolute atomic E-state index is 0.0981. The summed E-state index contributed by atoms with van der Waals surface area (Å²) in [5, 5.41) is 8.92. The Labute approximate surface area is 95.4 Å². The predicted molar refractivity (Wildman–Crippen MR) is 61.2 cm³/mol. The molecule has 1 heterocycles. The third-order valence-electron chi connectivity index (χ3n) is 2.22. The maximum Gasteiger partial charge on any atom is 0.218 e. The van der Waals surface area contributed by atoms with Crippen LogP contribution in [0, 0.1) is 11.3 Å². The molecule has 1 aromatic heterocycles. The van der Waals surface area contributed by atoms with Crippen molar-refractivity contribution in [2.75, 3.05) is 19.5 Å². The van der Waals surface area contributed by atoms with Crippen molar-refractivity contribution in [2.45, 2.75) is 26.5 Å². The minimum atomic E-state index is -0.0981. The number of ether oxygens (including phenoxy) is 2. The van der Waals surface area contributed by atoms with Gasteiger partial charge in [0.2, 0.25) is 5.88 Å². The smallest absolute Gasteiger partial charge is 0.218 e. The lowest BCUT2D eigenvalue weighted by Gasteiger charge is -2.16. The molecule has 0 spiro atoms. The van der Waals surface area contributed by atoms with E-state index in [-0.39, 0.29) is 6.10 Å². The third-order valence-corrected chi connectivity index (χ3v) is 2.22. The summed E-state index contributed by atoms with van der Waals surface area (Å²) >= 11 is 0. The van der Waals surface area contributed by atoms with Crippen LogP contribution in [0.5, 0.6) is 5.88 Å². The van der Waals surface area contributed by atoms with Crippen LogP contribution in [0.1, 0.15) is 19.5 Å². The second kappa shape index (κ2) is 5.42. The summed E-state index contributed by atoms with van der Waals surface area (Å²) in [5.41, 5.74) is 6.80. The summed E-state index contributed by atoms with van der Waals surface area (Å²) in [4.78, 5) is 0. The summed E-state index contributed by atoms with van der Waals surface area (Å²) in [6, 6.07) is 3.71. The van der Waals surface area contributed by atoms with Crippen LogP contribution in [-0.2, 0) is 11.3 Å². The monoisotopic (exact) mass is 223 g/mol. The van der Waals surface area contributed by atoms with Crippen LogP contribution in [0.2, 0.25) is 0 Å². The first-order valence-corrected chi connectivity index (χ1v) is 5.18. The van der Waals surface area contributed by atoms with E-state index in [4.69, 9.17) is 20.5 Å². The molecule has 0 fully saturated rings. The first kappa shape index (κ1) is 12.4. The van der Waals surface area contributed by atoms with E-state index in [2.05, 4.69) is 6.07 Å². The first-order valence-electron chi connectivity index (χ1n) is 5.18. The number of aromatic nitrogens is 1. The van der Waals surface area contributed by atoms with E-state index in [1.807, 2.05) is 13.8 Å². The number of hydrogen-bond acceptors (Lipinski definition) is 4. The number of hydrogen-bond donors (Lipinski definition) is 1. The quantitative estimate of drug-likeness (QED) is 0.818. The van der Waals surface area contributed by atoms with Gasteiger partial charge in [-0.2, -0.15) is 5.26 Å². The molecule has 0 aliphatic heterocycles. The highest BCUT2D eigenvalue weighted by molar-refractivity contribution is 5.55. The number of nitriles is 1. The number of nitrogens with two attached hydrogens (primary N) is 1. The third kappa shape index (κ3) is 2.47. The molecular weight excluding hydrogens is 206 g/mol. The lowest BCUT2D eigenvalue weighted by atomic mass is 10.4. The Hall–Kier alpha value is -1.67. The predicted octanol–water partition coefficient (Wildman–Crippen LogP) is 1.38. The van der Waals surface area contributed by atoms with Crippen molar-refractivity contribution in [1.82, 2.24) is 4.57 Å². The average Bonchev–Trinajstić information content (AvgIpc) is 2.55. The molecule has 5 nitrogen and oxygen atoms in total. The Balaban J connectivity index is 2.95. The minimum Gasteiger partial charge on any atom is -0.472 e. The number of methoxy groups -OCH3 is 1. The normalized spacial score (nSPS) is 12.1. The van der Waals surface area contributed by atoms with Crippen molar-refractivity contribution < 1.29 is 9.47 Å². The number of rotatable bonds is 5. The van der Waals surface area contributed by atoms with Gasteiger partial charge in [-0.3, -0.25) is 0 Å². The van der Waals surface area contributed by atoms with Gasteiger partial charge >= 0.3 is 0 Å². The van der Waals surface area contributed by atoms with Gasteiger partial charge in [-0.1, -0.05) is 0 Å². The molecule has 1 rings (SSSR count). The fourth-order valence-electron chi connectivity index (χ4n) is 1.55. The zero-order valence-electron chi connectivity index (χ0n) is 9.86. The molecular formula is C11H17N3O2. The molecule has 0 aliphatic rings. The van der Waals surface area contributed by atoms with Crippen LogP contribution < -0.4 is 10.5 Å². The van der Waals surface area contributed by atoms with Crippen molar-refractivity contribution in [1.29, 1.82) is 5.26 Å². The van der Waals surface area contributed by atoms with Gasteiger partial charge in [-0.15, -0.1) is 0 Å². The van der Waals surface area contributed by atoms with Gasteiger partial charge in [0, 0.05) is 19.7 Å². The van der Waals surface area contributed by atoms with Crippen molar-refractivity contribution in [3.63, 3.8) is 0 Å². The molecule has 0 saturated heterocycles. The Morgan fingerprint density at radius 2 is 2.31 bits per heavy atom. The van der Waals surface area contributed by atoms with Gasteiger partial charge < -0.3 is 19.8 Å². The van der Waals surface area contributed by atoms with E-state index in [0.29, 0.717) is 30.4 Å². The van der Waals surface area contributed by atoms with Gasteiger partial charge in [0.1, 0.15) is 17.9 Å². The molecule has 0 radical (unpaired) electrons. The van der Waals surface area contributed by atoms with E-state index < -0.39 is 0 Å². The van der Waals surface area contributed by atoms with E-state index in [9.17, 15) is 0 Å². The highest BCUT2D eigenvalue weighted by atomic mass is 16.5. The maximum atomic E-state index is 8.92. The molecule has 2 N–H and O–H groups in total. The lowest BCUT2D eigenvalue weighted by Crippen LogP contribution is -2.20. The van der Waals surface area contributed by atoms with Crippen LogP contribution in [-0.4, -0.2) is 24.4 Å². The van der Waals surface area contributed by atoms with Crippen LogP contribution in [0.15, 0.2) is 6.07 Å². The summed E-state index contributed by atoms with van der Waals surface area (Å²) in [6.07, 6.45) is -0.0981.